The molecule has 2 aliphatic rings. The third-order valence-electron chi connectivity index (χ3n) is 6.82. The summed E-state index contributed by atoms with van der Waals surface area (Å²) in [5.74, 6) is -0.178. The number of esters is 1. The quantitative estimate of drug-likeness (QED) is 0.311. The monoisotopic (exact) mass is 422 g/mol. The molecule has 1 saturated carbocycles. The molecule has 4 rings (SSSR count). The van der Waals surface area contributed by atoms with E-state index in [1.807, 2.05) is 25.1 Å². The van der Waals surface area contributed by atoms with Gasteiger partial charge >= 0.3 is 5.97 Å². The Labute approximate surface area is 181 Å². The number of ether oxygens (including phenoxy) is 1. The van der Waals surface area contributed by atoms with Crippen molar-refractivity contribution in [3.8, 4) is 11.1 Å². The molecule has 31 heavy (non-hydrogen) atoms. The standard InChI is InChI=1S/C25H27FN2O3/c1-3-19-17(14-28-30)12-22-24(15(2)31-25(22)29)21(19)11-10-18-9-8-16(13-27-18)20-6-4-5-7-23(20)26/h4-11,13-15,17,19,21-22,24,30H,3,12H2,1-2H3/b11-10+,28-14+. The summed E-state index contributed by atoms with van der Waals surface area (Å²) in [4.78, 5) is 16.9. The van der Waals surface area contributed by atoms with E-state index in [0.717, 1.165) is 17.7 Å². The lowest BCUT2D eigenvalue weighted by Crippen LogP contribution is -2.41. The maximum absolute atomic E-state index is 14.0. The van der Waals surface area contributed by atoms with E-state index in [-0.39, 0.29) is 47.5 Å². The number of nitrogens with zero attached hydrogens (tertiary/aromatic N) is 2. The first-order valence-corrected chi connectivity index (χ1v) is 10.8. The molecule has 1 aromatic carbocycles. The van der Waals surface area contributed by atoms with Crippen molar-refractivity contribution in [1.29, 1.82) is 0 Å². The number of oxime groups is 1. The molecule has 0 amide bonds. The molecule has 0 bridgehead atoms. The van der Waals surface area contributed by atoms with Crippen molar-refractivity contribution >= 4 is 18.3 Å². The summed E-state index contributed by atoms with van der Waals surface area (Å²) >= 11 is 0. The lowest BCUT2D eigenvalue weighted by atomic mass is 9.60. The SMILES string of the molecule is CCC1C(/C=N/O)CC2C(=O)OC(C)C2C1/C=C/c1ccc(-c2ccccc2F)cn1. The van der Waals surface area contributed by atoms with E-state index in [2.05, 4.69) is 23.1 Å². The van der Waals surface area contributed by atoms with Crippen molar-refractivity contribution in [2.24, 2.45) is 34.7 Å². The Balaban J connectivity index is 1.60. The fourth-order valence-corrected chi connectivity index (χ4v) is 5.38. The normalized spacial score (nSPS) is 30.6. The first kappa shape index (κ1) is 21.2. The second kappa shape index (κ2) is 9.00. The van der Waals surface area contributed by atoms with Crippen LogP contribution in [0.5, 0.6) is 0 Å². The average molecular weight is 423 g/mol. The predicted octanol–water partition coefficient (Wildman–Crippen LogP) is 5.20. The molecule has 2 heterocycles. The Morgan fingerprint density at radius 2 is 2.10 bits per heavy atom. The number of allylic oxidation sites excluding steroid dienone is 1. The minimum absolute atomic E-state index is 0.0140. The highest BCUT2D eigenvalue weighted by atomic mass is 19.1. The molecule has 1 aromatic heterocycles. The molecule has 1 saturated heterocycles. The first-order valence-electron chi connectivity index (χ1n) is 10.8. The number of rotatable bonds is 5. The van der Waals surface area contributed by atoms with Gasteiger partial charge < -0.3 is 9.94 Å². The molecule has 0 radical (unpaired) electrons. The van der Waals surface area contributed by atoms with E-state index in [1.54, 1.807) is 30.6 Å². The van der Waals surface area contributed by atoms with Gasteiger partial charge in [0.2, 0.25) is 0 Å². The summed E-state index contributed by atoms with van der Waals surface area (Å²) in [5.41, 5.74) is 2.01. The summed E-state index contributed by atoms with van der Waals surface area (Å²) in [5, 5.41) is 12.4. The van der Waals surface area contributed by atoms with Gasteiger partial charge in [-0.05, 0) is 43.4 Å². The fourth-order valence-electron chi connectivity index (χ4n) is 5.38. The van der Waals surface area contributed by atoms with Crippen LogP contribution in [0.15, 0.2) is 53.8 Å². The summed E-state index contributed by atoms with van der Waals surface area (Å²) < 4.78 is 19.6. The van der Waals surface area contributed by atoms with Crippen LogP contribution in [0.25, 0.3) is 17.2 Å². The van der Waals surface area contributed by atoms with Gasteiger partial charge in [0.1, 0.15) is 11.9 Å². The van der Waals surface area contributed by atoms with Gasteiger partial charge in [0.05, 0.1) is 11.6 Å². The van der Waals surface area contributed by atoms with Crippen LogP contribution < -0.4 is 0 Å². The van der Waals surface area contributed by atoms with Gasteiger partial charge in [-0.2, -0.15) is 0 Å². The minimum atomic E-state index is -0.275. The van der Waals surface area contributed by atoms with Crippen LogP contribution in [-0.4, -0.2) is 28.5 Å². The zero-order valence-corrected chi connectivity index (χ0v) is 17.7. The number of carbonyl (C=O) groups is 1. The average Bonchev–Trinajstić information content (AvgIpc) is 3.06. The Hall–Kier alpha value is -3.02. The summed E-state index contributed by atoms with van der Waals surface area (Å²) in [6, 6.07) is 10.4. The zero-order chi connectivity index (χ0) is 22.0. The molecular weight excluding hydrogens is 395 g/mol. The highest BCUT2D eigenvalue weighted by molar-refractivity contribution is 5.77. The van der Waals surface area contributed by atoms with Crippen molar-refractivity contribution in [1.82, 2.24) is 4.98 Å². The maximum atomic E-state index is 14.0. The number of halogens is 1. The Morgan fingerprint density at radius 3 is 2.77 bits per heavy atom. The van der Waals surface area contributed by atoms with Crippen molar-refractivity contribution in [3.63, 3.8) is 0 Å². The van der Waals surface area contributed by atoms with Crippen LogP contribution in [0.3, 0.4) is 0 Å². The van der Waals surface area contributed by atoms with Gasteiger partial charge in [-0.1, -0.05) is 43.7 Å². The van der Waals surface area contributed by atoms with Crippen molar-refractivity contribution in [2.75, 3.05) is 0 Å². The summed E-state index contributed by atoms with van der Waals surface area (Å²) in [7, 11) is 0. The molecule has 6 unspecified atom stereocenters. The molecule has 5 nitrogen and oxygen atoms in total. The molecular formula is C25H27FN2O3. The molecule has 2 fully saturated rings. The van der Waals surface area contributed by atoms with E-state index in [9.17, 15) is 9.18 Å². The largest absolute Gasteiger partial charge is 0.462 e. The van der Waals surface area contributed by atoms with Gasteiger partial charge in [-0.25, -0.2) is 4.39 Å². The molecule has 0 spiro atoms. The highest BCUT2D eigenvalue weighted by Crippen LogP contribution is 2.49. The molecule has 2 aromatic rings. The molecule has 1 aliphatic heterocycles. The van der Waals surface area contributed by atoms with Gasteiger partial charge in [0.25, 0.3) is 0 Å². The fraction of sp³-hybridized carbons (Fsp3) is 0.400. The number of benzene rings is 1. The summed E-state index contributed by atoms with van der Waals surface area (Å²) in [6.45, 7) is 4.08. The lowest BCUT2D eigenvalue weighted by molar-refractivity contribution is -0.144. The second-order valence-electron chi connectivity index (χ2n) is 8.45. The predicted molar refractivity (Wildman–Crippen MR) is 117 cm³/mol. The van der Waals surface area contributed by atoms with Gasteiger partial charge in [0.15, 0.2) is 0 Å². The number of hydrogen-bond donors (Lipinski definition) is 1. The van der Waals surface area contributed by atoms with E-state index in [4.69, 9.17) is 9.94 Å². The summed E-state index contributed by atoms with van der Waals surface area (Å²) in [6.07, 6.45) is 8.71. The highest BCUT2D eigenvalue weighted by Gasteiger charge is 2.52. The van der Waals surface area contributed by atoms with Gasteiger partial charge in [-0.15, -0.1) is 5.16 Å². The molecule has 1 N–H and O–H groups in total. The molecule has 6 heteroatoms. The zero-order valence-electron chi connectivity index (χ0n) is 17.7. The van der Waals surface area contributed by atoms with Gasteiger partial charge in [0, 0.05) is 35.4 Å². The van der Waals surface area contributed by atoms with Crippen LogP contribution in [-0.2, 0) is 9.53 Å². The maximum Gasteiger partial charge on any atom is 0.309 e. The van der Waals surface area contributed by atoms with E-state index >= 15 is 0 Å². The third-order valence-corrected chi connectivity index (χ3v) is 6.82. The van der Waals surface area contributed by atoms with Crippen LogP contribution in [0.2, 0.25) is 0 Å². The van der Waals surface area contributed by atoms with E-state index in [0.29, 0.717) is 12.0 Å². The number of fused-ring (bicyclic) bond motifs is 1. The van der Waals surface area contributed by atoms with Crippen molar-refractivity contribution < 1.29 is 19.1 Å². The van der Waals surface area contributed by atoms with E-state index < -0.39 is 0 Å². The number of hydrogen-bond acceptors (Lipinski definition) is 5. The lowest BCUT2D eigenvalue weighted by Gasteiger charge is -2.41. The Bertz CT molecular complexity index is 989. The van der Waals surface area contributed by atoms with E-state index in [1.165, 1.54) is 6.07 Å². The van der Waals surface area contributed by atoms with Crippen LogP contribution in [0.1, 0.15) is 32.4 Å². The molecule has 162 valence electrons. The molecule has 6 atom stereocenters. The smallest absolute Gasteiger partial charge is 0.309 e. The van der Waals surface area contributed by atoms with Gasteiger partial charge in [-0.3, -0.25) is 9.78 Å². The number of cyclic esters (lactones) is 1. The van der Waals surface area contributed by atoms with Crippen molar-refractivity contribution in [2.45, 2.75) is 32.8 Å². The Kier molecular flexibility index (Phi) is 6.16. The topological polar surface area (TPSA) is 71.8 Å². The van der Waals surface area contributed by atoms with Crippen LogP contribution >= 0.6 is 0 Å². The number of pyridine rings is 1. The Morgan fingerprint density at radius 1 is 1.29 bits per heavy atom. The first-order chi connectivity index (χ1) is 15.0. The number of aromatic nitrogens is 1. The minimum Gasteiger partial charge on any atom is -0.462 e. The third kappa shape index (κ3) is 4.11. The van der Waals surface area contributed by atoms with Crippen molar-refractivity contribution in [3.05, 3.63) is 60.2 Å². The number of carbonyl (C=O) groups excluding carboxylic acids is 1. The van der Waals surface area contributed by atoms with Crippen LogP contribution in [0, 0.1) is 35.4 Å². The molecule has 1 aliphatic carbocycles. The second-order valence-corrected chi connectivity index (χ2v) is 8.45. The van der Waals surface area contributed by atoms with Crippen LogP contribution in [0.4, 0.5) is 4.39 Å².